The zero-order chi connectivity index (χ0) is 15.6. The highest BCUT2D eigenvalue weighted by molar-refractivity contribution is 7.89. The largest absolute Gasteiger partial charge is 0.409 e. The second kappa shape index (κ2) is 6.02. The Morgan fingerprint density at radius 2 is 2.33 bits per heavy atom. The molecule has 1 heterocycles. The Morgan fingerprint density at radius 1 is 1.62 bits per heavy atom. The van der Waals surface area contributed by atoms with Gasteiger partial charge >= 0.3 is 0 Å². The molecule has 1 aliphatic carbocycles. The molecule has 1 saturated carbocycles. The van der Waals surface area contributed by atoms with Gasteiger partial charge in [0.1, 0.15) is 11.7 Å². The Hall–Kier alpha value is -1.61. The molecule has 1 fully saturated rings. The van der Waals surface area contributed by atoms with Gasteiger partial charge in [-0.25, -0.2) is 18.1 Å². The number of aryl methyl sites for hydroxylation is 2. The van der Waals surface area contributed by atoms with Crippen LogP contribution in [0, 0.1) is 12.8 Å². The summed E-state index contributed by atoms with van der Waals surface area (Å²) in [4.78, 5) is 4.09. The van der Waals surface area contributed by atoms with Crippen molar-refractivity contribution >= 4 is 15.9 Å². The van der Waals surface area contributed by atoms with E-state index >= 15 is 0 Å². The minimum atomic E-state index is -3.70. The Balaban J connectivity index is 2.20. The number of rotatable bonds is 5. The van der Waals surface area contributed by atoms with Crippen LogP contribution in [0.5, 0.6) is 0 Å². The summed E-state index contributed by atoms with van der Waals surface area (Å²) in [7, 11) is -3.70. The fourth-order valence-electron chi connectivity index (χ4n) is 2.72. The Morgan fingerprint density at radius 3 is 2.90 bits per heavy atom. The van der Waals surface area contributed by atoms with E-state index in [2.05, 4.69) is 14.9 Å². The first-order valence-electron chi connectivity index (χ1n) is 6.92. The number of hydrogen-bond acceptors (Lipinski definition) is 5. The van der Waals surface area contributed by atoms with Gasteiger partial charge in [0, 0.05) is 24.7 Å². The van der Waals surface area contributed by atoms with Crippen molar-refractivity contribution in [3.05, 3.63) is 12.0 Å². The fraction of sp³-hybridized carbons (Fsp3) is 0.667. The molecule has 0 aromatic carbocycles. The zero-order valence-electron chi connectivity index (χ0n) is 12.2. The van der Waals surface area contributed by atoms with E-state index < -0.39 is 10.0 Å². The first kappa shape index (κ1) is 15.8. The molecular formula is C12H21N5O3S. The molecule has 2 rings (SSSR count). The highest BCUT2D eigenvalue weighted by atomic mass is 32.2. The lowest BCUT2D eigenvalue weighted by atomic mass is 10.0. The smallest absolute Gasteiger partial charge is 0.259 e. The Kier molecular flexibility index (Phi) is 4.52. The second-order valence-corrected chi connectivity index (χ2v) is 6.86. The molecule has 118 valence electrons. The average Bonchev–Trinajstić information content (AvgIpc) is 3.04. The Bertz CT molecular complexity index is 637. The van der Waals surface area contributed by atoms with E-state index in [1.807, 2.05) is 6.92 Å². The number of amidine groups is 1. The molecule has 1 aromatic rings. The topological polar surface area (TPSA) is 123 Å². The van der Waals surface area contributed by atoms with Gasteiger partial charge in [-0.3, -0.25) is 0 Å². The maximum absolute atomic E-state index is 12.4. The van der Waals surface area contributed by atoms with Gasteiger partial charge in [-0.05, 0) is 26.7 Å². The molecule has 8 nitrogen and oxygen atoms in total. The summed E-state index contributed by atoms with van der Waals surface area (Å²) in [5.74, 6) is 0.437. The number of aromatic nitrogens is 2. The molecule has 2 atom stereocenters. The lowest BCUT2D eigenvalue weighted by molar-refractivity contribution is 0.312. The average molecular weight is 315 g/mol. The minimum absolute atomic E-state index is 0.00649. The standard InChI is InChI=1S/C12H21N5O3S/c1-3-17-7-11(14-8(17)2)21(19,20)16-10-6-4-5-9(10)12(13)15-18/h7,9-10,16,18H,3-6H2,1-2H3,(H2,13,15). The van der Waals surface area contributed by atoms with Crippen molar-refractivity contribution in [2.75, 3.05) is 0 Å². The van der Waals surface area contributed by atoms with Gasteiger partial charge in [-0.15, -0.1) is 0 Å². The van der Waals surface area contributed by atoms with Crippen LogP contribution >= 0.6 is 0 Å². The van der Waals surface area contributed by atoms with Crippen molar-refractivity contribution < 1.29 is 13.6 Å². The van der Waals surface area contributed by atoms with E-state index in [0.29, 0.717) is 25.2 Å². The van der Waals surface area contributed by atoms with Gasteiger partial charge in [-0.1, -0.05) is 11.6 Å². The van der Waals surface area contributed by atoms with E-state index in [1.54, 1.807) is 11.5 Å². The van der Waals surface area contributed by atoms with Crippen LogP contribution in [0.4, 0.5) is 0 Å². The lowest BCUT2D eigenvalue weighted by Gasteiger charge is -2.18. The van der Waals surface area contributed by atoms with Crippen molar-refractivity contribution in [1.29, 1.82) is 0 Å². The molecule has 1 aromatic heterocycles. The van der Waals surface area contributed by atoms with Gasteiger partial charge in [0.15, 0.2) is 5.03 Å². The first-order valence-corrected chi connectivity index (χ1v) is 8.41. The van der Waals surface area contributed by atoms with Crippen LogP contribution in [0.1, 0.15) is 32.0 Å². The van der Waals surface area contributed by atoms with Gasteiger partial charge in [0.2, 0.25) is 0 Å². The van der Waals surface area contributed by atoms with Crippen molar-refractivity contribution in [3.63, 3.8) is 0 Å². The molecule has 0 saturated heterocycles. The summed E-state index contributed by atoms with van der Waals surface area (Å²) in [6.45, 7) is 4.34. The van der Waals surface area contributed by atoms with Crippen molar-refractivity contribution in [2.24, 2.45) is 16.8 Å². The summed E-state index contributed by atoms with van der Waals surface area (Å²) in [5, 5.41) is 11.8. The molecule has 0 radical (unpaired) electrons. The molecule has 9 heteroatoms. The molecule has 2 unspecified atom stereocenters. The van der Waals surface area contributed by atoms with Crippen LogP contribution < -0.4 is 10.5 Å². The lowest BCUT2D eigenvalue weighted by Crippen LogP contribution is -2.42. The highest BCUT2D eigenvalue weighted by Gasteiger charge is 2.34. The van der Waals surface area contributed by atoms with E-state index in [4.69, 9.17) is 10.9 Å². The molecule has 0 aliphatic heterocycles. The van der Waals surface area contributed by atoms with E-state index in [0.717, 1.165) is 6.42 Å². The summed E-state index contributed by atoms with van der Waals surface area (Å²) in [6, 6.07) is -0.363. The number of oxime groups is 1. The van der Waals surface area contributed by atoms with Gasteiger partial charge < -0.3 is 15.5 Å². The summed E-state index contributed by atoms with van der Waals surface area (Å²) < 4.78 is 29.2. The monoisotopic (exact) mass is 315 g/mol. The number of nitrogens with one attached hydrogen (secondary N) is 1. The summed E-state index contributed by atoms with van der Waals surface area (Å²) in [5.41, 5.74) is 5.62. The number of sulfonamides is 1. The van der Waals surface area contributed by atoms with E-state index in [9.17, 15) is 8.42 Å². The third-order valence-corrected chi connectivity index (χ3v) is 5.25. The number of imidazole rings is 1. The van der Waals surface area contributed by atoms with Crippen LogP contribution in [0.2, 0.25) is 0 Å². The van der Waals surface area contributed by atoms with Crippen molar-refractivity contribution in [1.82, 2.24) is 14.3 Å². The zero-order valence-corrected chi connectivity index (χ0v) is 13.0. The molecule has 0 bridgehead atoms. The summed E-state index contributed by atoms with van der Waals surface area (Å²) >= 11 is 0. The van der Waals surface area contributed by atoms with E-state index in [1.165, 1.54) is 6.20 Å². The van der Waals surface area contributed by atoms with Crippen molar-refractivity contribution in [2.45, 2.75) is 50.7 Å². The molecule has 4 N–H and O–H groups in total. The quantitative estimate of drug-likeness (QED) is 0.314. The van der Waals surface area contributed by atoms with Crippen LogP contribution in [-0.4, -0.2) is 35.1 Å². The maximum Gasteiger partial charge on any atom is 0.259 e. The predicted molar refractivity (Wildman–Crippen MR) is 77.5 cm³/mol. The van der Waals surface area contributed by atoms with Gasteiger partial charge in [0.25, 0.3) is 10.0 Å². The molecular weight excluding hydrogens is 294 g/mol. The fourth-order valence-corrected chi connectivity index (χ4v) is 4.04. The molecule has 1 aliphatic rings. The van der Waals surface area contributed by atoms with Crippen LogP contribution in [0.3, 0.4) is 0 Å². The number of nitrogens with zero attached hydrogens (tertiary/aromatic N) is 3. The minimum Gasteiger partial charge on any atom is -0.409 e. The molecule has 21 heavy (non-hydrogen) atoms. The predicted octanol–water partition coefficient (Wildman–Crippen LogP) is 0.405. The van der Waals surface area contributed by atoms with Crippen LogP contribution in [-0.2, 0) is 16.6 Å². The SMILES string of the molecule is CCn1cc(S(=O)(=O)NC2CCCC2C(N)=NO)nc1C. The van der Waals surface area contributed by atoms with Crippen LogP contribution in [0.25, 0.3) is 0 Å². The summed E-state index contributed by atoms with van der Waals surface area (Å²) in [6.07, 6.45) is 3.71. The van der Waals surface area contributed by atoms with Crippen LogP contribution in [0.15, 0.2) is 16.4 Å². The third-order valence-electron chi connectivity index (χ3n) is 3.89. The number of nitrogens with two attached hydrogens (primary N) is 1. The normalized spacial score (nSPS) is 23.6. The molecule has 0 amide bonds. The highest BCUT2D eigenvalue weighted by Crippen LogP contribution is 2.27. The Labute approximate surface area is 124 Å². The van der Waals surface area contributed by atoms with Crippen molar-refractivity contribution in [3.8, 4) is 0 Å². The second-order valence-electron chi connectivity index (χ2n) is 5.20. The third kappa shape index (κ3) is 3.18. The van der Waals surface area contributed by atoms with Gasteiger partial charge in [0.05, 0.1) is 0 Å². The number of hydrogen-bond donors (Lipinski definition) is 3. The maximum atomic E-state index is 12.4. The molecule has 0 spiro atoms. The van der Waals surface area contributed by atoms with Gasteiger partial charge in [-0.2, -0.15) is 0 Å². The van der Waals surface area contributed by atoms with E-state index in [-0.39, 0.29) is 22.8 Å². The first-order chi connectivity index (χ1) is 9.89.